The van der Waals surface area contributed by atoms with Crippen molar-refractivity contribution in [3.05, 3.63) is 30.1 Å². The number of aromatic nitrogens is 1. The molecule has 24 heavy (non-hydrogen) atoms. The number of amides is 2. The average Bonchev–Trinajstić information content (AvgIpc) is 2.62. The molecule has 130 valence electrons. The van der Waals surface area contributed by atoms with Crippen LogP contribution in [0, 0.1) is 0 Å². The molecule has 1 aromatic rings. The van der Waals surface area contributed by atoms with Crippen LogP contribution in [-0.4, -0.2) is 65.9 Å². The van der Waals surface area contributed by atoms with E-state index in [1.807, 2.05) is 0 Å². The van der Waals surface area contributed by atoms with Gasteiger partial charge in [-0.25, -0.2) is 0 Å². The van der Waals surface area contributed by atoms with Crippen LogP contribution in [-0.2, 0) is 19.1 Å². The molecule has 0 aliphatic carbocycles. The van der Waals surface area contributed by atoms with Gasteiger partial charge in [0.2, 0.25) is 0 Å². The van der Waals surface area contributed by atoms with Gasteiger partial charge in [0, 0.05) is 32.0 Å². The van der Waals surface area contributed by atoms with Crippen LogP contribution in [0.25, 0.3) is 0 Å². The summed E-state index contributed by atoms with van der Waals surface area (Å²) < 4.78 is 4.72. The molecule has 1 aliphatic rings. The number of carbonyl (C=O) groups is 3. The van der Waals surface area contributed by atoms with Gasteiger partial charge in [-0.3, -0.25) is 19.4 Å². The highest BCUT2D eigenvalue weighted by atomic mass is 16.5. The lowest BCUT2D eigenvalue weighted by Gasteiger charge is -2.38. The maximum absolute atomic E-state index is 12.5. The van der Waals surface area contributed by atoms with Crippen molar-refractivity contribution in [3.8, 4) is 0 Å². The van der Waals surface area contributed by atoms with E-state index in [2.05, 4.69) is 4.98 Å². The first kappa shape index (κ1) is 17.9. The summed E-state index contributed by atoms with van der Waals surface area (Å²) >= 11 is 0. The Balaban J connectivity index is 2.19. The van der Waals surface area contributed by atoms with Crippen LogP contribution < -0.4 is 5.73 Å². The Kier molecular flexibility index (Phi) is 6.25. The van der Waals surface area contributed by atoms with Gasteiger partial charge in [-0.2, -0.15) is 0 Å². The first-order valence-electron chi connectivity index (χ1n) is 7.85. The van der Waals surface area contributed by atoms with E-state index in [-0.39, 0.29) is 6.42 Å². The lowest BCUT2D eigenvalue weighted by Crippen LogP contribution is -2.55. The largest absolute Gasteiger partial charge is 0.469 e. The fourth-order valence-corrected chi connectivity index (χ4v) is 2.70. The Morgan fingerprint density at radius 2 is 2.17 bits per heavy atom. The molecule has 2 rings (SSSR count). The summed E-state index contributed by atoms with van der Waals surface area (Å²) in [4.78, 5) is 43.5. The van der Waals surface area contributed by atoms with Gasteiger partial charge in [0.25, 0.3) is 0 Å². The molecule has 1 unspecified atom stereocenters. The average molecular weight is 334 g/mol. The van der Waals surface area contributed by atoms with Crippen molar-refractivity contribution >= 4 is 17.8 Å². The summed E-state index contributed by atoms with van der Waals surface area (Å²) in [5.41, 5.74) is 6.15. The number of carbonyl (C=O) groups excluding carboxylic acids is 3. The molecule has 0 radical (unpaired) electrons. The second kappa shape index (κ2) is 8.39. The third-order valence-electron chi connectivity index (χ3n) is 4.01. The molecular formula is C16H22N4O4. The fraction of sp³-hybridized carbons (Fsp3) is 0.500. The second-order valence-electron chi connectivity index (χ2n) is 5.52. The first-order chi connectivity index (χ1) is 11.6. The zero-order valence-corrected chi connectivity index (χ0v) is 13.7. The summed E-state index contributed by atoms with van der Waals surface area (Å²) in [7, 11) is 1.29. The molecule has 0 saturated carbocycles. The summed E-state index contributed by atoms with van der Waals surface area (Å²) in [6.45, 7) is 1.69. The molecule has 0 aromatic carbocycles. The SMILES string of the molecule is COC(=O)CC(c1cccnc1)N1CCN(CCCN)C(=O)C1=O. The third kappa shape index (κ3) is 4.08. The molecular weight excluding hydrogens is 312 g/mol. The minimum absolute atomic E-state index is 0.0238. The minimum atomic E-state index is -0.615. The standard InChI is InChI=1S/C16H22N4O4/c1-24-14(21)10-13(12-4-2-6-18-11-12)20-9-8-19(7-3-5-17)15(22)16(20)23/h2,4,6,11,13H,3,5,7-10,17H2,1H3. The number of pyridine rings is 1. The van der Waals surface area contributed by atoms with E-state index in [1.165, 1.54) is 16.9 Å². The minimum Gasteiger partial charge on any atom is -0.469 e. The summed E-state index contributed by atoms with van der Waals surface area (Å²) in [6, 6.07) is 2.93. The molecule has 1 atom stereocenters. The molecule has 0 spiro atoms. The van der Waals surface area contributed by atoms with E-state index in [1.54, 1.807) is 24.5 Å². The lowest BCUT2D eigenvalue weighted by molar-refractivity contribution is -0.159. The Bertz CT molecular complexity index is 593. The van der Waals surface area contributed by atoms with E-state index in [0.717, 1.165) is 0 Å². The van der Waals surface area contributed by atoms with Crippen LogP contribution in [0.1, 0.15) is 24.4 Å². The van der Waals surface area contributed by atoms with Crippen LogP contribution in [0.15, 0.2) is 24.5 Å². The highest BCUT2D eigenvalue weighted by Crippen LogP contribution is 2.26. The van der Waals surface area contributed by atoms with Crippen molar-refractivity contribution in [2.45, 2.75) is 18.9 Å². The predicted octanol–water partition coefficient (Wildman–Crippen LogP) is -0.295. The highest BCUT2D eigenvalue weighted by molar-refractivity contribution is 6.35. The van der Waals surface area contributed by atoms with Gasteiger partial charge in [0.15, 0.2) is 0 Å². The van der Waals surface area contributed by atoms with Crippen LogP contribution in [0.5, 0.6) is 0 Å². The molecule has 2 amide bonds. The predicted molar refractivity (Wildman–Crippen MR) is 85.6 cm³/mol. The second-order valence-corrected chi connectivity index (χ2v) is 5.52. The molecule has 2 heterocycles. The maximum Gasteiger partial charge on any atom is 0.312 e. The number of piperazine rings is 1. The summed E-state index contributed by atoms with van der Waals surface area (Å²) in [5.74, 6) is -1.63. The smallest absolute Gasteiger partial charge is 0.312 e. The molecule has 8 heteroatoms. The van der Waals surface area contributed by atoms with Crippen molar-refractivity contribution in [2.24, 2.45) is 5.73 Å². The van der Waals surface area contributed by atoms with E-state index in [0.29, 0.717) is 38.2 Å². The third-order valence-corrected chi connectivity index (χ3v) is 4.01. The monoisotopic (exact) mass is 334 g/mol. The van der Waals surface area contributed by atoms with Gasteiger partial charge < -0.3 is 20.3 Å². The quantitative estimate of drug-likeness (QED) is 0.542. The number of rotatable bonds is 7. The fourth-order valence-electron chi connectivity index (χ4n) is 2.70. The number of hydrogen-bond donors (Lipinski definition) is 1. The molecule has 1 saturated heterocycles. The number of nitrogens with zero attached hydrogens (tertiary/aromatic N) is 3. The Hall–Kier alpha value is -2.48. The van der Waals surface area contributed by atoms with Gasteiger partial charge in [-0.15, -0.1) is 0 Å². The van der Waals surface area contributed by atoms with Gasteiger partial charge >= 0.3 is 17.8 Å². The van der Waals surface area contributed by atoms with Crippen LogP contribution in [0.3, 0.4) is 0 Å². The number of hydrogen-bond acceptors (Lipinski definition) is 6. The van der Waals surface area contributed by atoms with Crippen molar-refractivity contribution in [1.82, 2.24) is 14.8 Å². The van der Waals surface area contributed by atoms with Crippen LogP contribution in [0.4, 0.5) is 0 Å². The first-order valence-corrected chi connectivity index (χ1v) is 7.85. The molecule has 1 aromatic heterocycles. The number of methoxy groups -OCH3 is 1. The van der Waals surface area contributed by atoms with E-state index >= 15 is 0 Å². The summed E-state index contributed by atoms with van der Waals surface area (Å²) in [5, 5.41) is 0. The highest BCUT2D eigenvalue weighted by Gasteiger charge is 2.37. The Morgan fingerprint density at radius 1 is 1.38 bits per heavy atom. The molecule has 1 aliphatic heterocycles. The van der Waals surface area contributed by atoms with E-state index in [4.69, 9.17) is 10.5 Å². The Labute approximate surface area is 140 Å². The molecule has 0 bridgehead atoms. The Morgan fingerprint density at radius 3 is 2.79 bits per heavy atom. The molecule has 1 fully saturated rings. The molecule has 2 N–H and O–H groups in total. The van der Waals surface area contributed by atoms with E-state index < -0.39 is 23.8 Å². The molecule has 8 nitrogen and oxygen atoms in total. The van der Waals surface area contributed by atoms with E-state index in [9.17, 15) is 14.4 Å². The summed E-state index contributed by atoms with van der Waals surface area (Å²) in [6.07, 6.45) is 3.82. The number of nitrogens with two attached hydrogens (primary N) is 1. The lowest BCUT2D eigenvalue weighted by atomic mass is 10.0. The maximum atomic E-state index is 12.5. The zero-order chi connectivity index (χ0) is 17.5. The number of ether oxygens (including phenoxy) is 1. The normalized spacial score (nSPS) is 16.2. The van der Waals surface area contributed by atoms with Crippen LogP contribution in [0.2, 0.25) is 0 Å². The van der Waals surface area contributed by atoms with Crippen molar-refractivity contribution in [3.63, 3.8) is 0 Å². The van der Waals surface area contributed by atoms with Gasteiger partial charge in [-0.05, 0) is 24.6 Å². The zero-order valence-electron chi connectivity index (χ0n) is 13.7. The van der Waals surface area contributed by atoms with Gasteiger partial charge in [0.05, 0.1) is 19.6 Å². The van der Waals surface area contributed by atoms with Crippen LogP contribution >= 0.6 is 0 Å². The van der Waals surface area contributed by atoms with Gasteiger partial charge in [-0.1, -0.05) is 6.07 Å². The van der Waals surface area contributed by atoms with Crippen molar-refractivity contribution in [2.75, 3.05) is 33.3 Å². The van der Waals surface area contributed by atoms with Crippen molar-refractivity contribution < 1.29 is 19.1 Å². The number of esters is 1. The topological polar surface area (TPSA) is 106 Å². The van der Waals surface area contributed by atoms with Crippen molar-refractivity contribution in [1.29, 1.82) is 0 Å². The van der Waals surface area contributed by atoms with Gasteiger partial charge in [0.1, 0.15) is 0 Å².